The van der Waals surface area contributed by atoms with Crippen molar-refractivity contribution in [3.05, 3.63) is 11.6 Å². The first-order chi connectivity index (χ1) is 16.5. The number of carbonyl (C=O) groups excluding carboxylic acids is 1. The predicted molar refractivity (Wildman–Crippen MR) is 137 cm³/mol. The van der Waals surface area contributed by atoms with Crippen molar-refractivity contribution < 1.29 is 32.2 Å². The molecule has 4 rings (SSSR count). The molecular weight excluding hydrogens is 480 g/mol. The Morgan fingerprint density at radius 2 is 1.83 bits per heavy atom. The lowest BCUT2D eigenvalue weighted by Gasteiger charge is -2.58. The summed E-state index contributed by atoms with van der Waals surface area (Å²) in [5.74, 6) is 0.718. The van der Waals surface area contributed by atoms with Gasteiger partial charge in [-0.1, -0.05) is 46.3 Å². The van der Waals surface area contributed by atoms with Gasteiger partial charge in [0.2, 0.25) is 0 Å². The Balaban J connectivity index is 1.57. The molecule has 0 radical (unpaired) electrons. The SMILES string of the molecule is CC(C)C(C)C(=O)CC(C)(O)C1CCC2C3CC(O)C4CC(OS(=O)(=O)O)CCC4(C)C3=CCC21C. The molecule has 10 unspecified atom stereocenters. The average Bonchev–Trinajstić information content (AvgIpc) is 3.11. The fourth-order valence-electron chi connectivity index (χ4n) is 8.83. The number of aliphatic hydroxyl groups is 2. The average molecular weight is 527 g/mol. The maximum absolute atomic E-state index is 12.9. The van der Waals surface area contributed by atoms with Crippen LogP contribution in [0.4, 0.5) is 0 Å². The van der Waals surface area contributed by atoms with Crippen LogP contribution in [0.25, 0.3) is 0 Å². The Hall–Kier alpha value is -0.800. The molecule has 0 aliphatic heterocycles. The molecule has 4 aliphatic carbocycles. The summed E-state index contributed by atoms with van der Waals surface area (Å²) < 4.78 is 36.6. The minimum Gasteiger partial charge on any atom is -0.393 e. The monoisotopic (exact) mass is 526 g/mol. The highest BCUT2D eigenvalue weighted by Gasteiger charge is 2.61. The van der Waals surface area contributed by atoms with Crippen molar-refractivity contribution in [2.75, 3.05) is 0 Å². The van der Waals surface area contributed by atoms with Gasteiger partial charge in [-0.15, -0.1) is 0 Å². The van der Waals surface area contributed by atoms with Gasteiger partial charge in [-0.25, -0.2) is 4.18 Å². The summed E-state index contributed by atoms with van der Waals surface area (Å²) in [5.41, 5.74) is -0.0884. The predicted octanol–water partition coefficient (Wildman–Crippen LogP) is 4.73. The lowest BCUT2D eigenvalue weighted by Crippen LogP contribution is -2.55. The van der Waals surface area contributed by atoms with Gasteiger partial charge in [0, 0.05) is 12.3 Å². The third-order valence-electron chi connectivity index (χ3n) is 11.0. The second kappa shape index (κ2) is 9.44. The number of hydrogen-bond donors (Lipinski definition) is 3. The van der Waals surface area contributed by atoms with Crippen LogP contribution in [0, 0.1) is 46.3 Å². The summed E-state index contributed by atoms with van der Waals surface area (Å²) in [6.07, 6.45) is 6.22. The van der Waals surface area contributed by atoms with E-state index in [0.717, 1.165) is 19.3 Å². The third kappa shape index (κ3) is 4.86. The number of Topliss-reactive ketones (excluding diaryl/α,β-unsaturated/α-hetero) is 1. The van der Waals surface area contributed by atoms with Crippen LogP contribution < -0.4 is 0 Å². The molecule has 0 bridgehead atoms. The molecule has 0 saturated heterocycles. The normalized spacial score (nSPS) is 43.1. The van der Waals surface area contributed by atoms with Gasteiger partial charge in [-0.2, -0.15) is 8.42 Å². The summed E-state index contributed by atoms with van der Waals surface area (Å²) in [5, 5.41) is 23.0. The Morgan fingerprint density at radius 1 is 1.17 bits per heavy atom. The van der Waals surface area contributed by atoms with Crippen LogP contribution in [-0.2, 0) is 19.4 Å². The molecule has 3 saturated carbocycles. The number of ketones is 1. The molecule has 206 valence electrons. The van der Waals surface area contributed by atoms with Crippen molar-refractivity contribution in [2.24, 2.45) is 46.3 Å². The highest BCUT2D eigenvalue weighted by Crippen LogP contribution is 2.67. The van der Waals surface area contributed by atoms with E-state index in [1.165, 1.54) is 5.57 Å². The molecule has 0 amide bonds. The minimum absolute atomic E-state index is 0.0117. The Kier molecular flexibility index (Phi) is 7.40. The van der Waals surface area contributed by atoms with Crippen LogP contribution in [-0.4, -0.2) is 46.8 Å². The Labute approximate surface area is 217 Å². The molecule has 0 spiro atoms. The first kappa shape index (κ1) is 28.2. The van der Waals surface area contributed by atoms with Gasteiger partial charge in [0.1, 0.15) is 5.78 Å². The topological polar surface area (TPSA) is 121 Å². The van der Waals surface area contributed by atoms with Crippen molar-refractivity contribution in [1.82, 2.24) is 0 Å². The van der Waals surface area contributed by atoms with Crippen LogP contribution in [0.5, 0.6) is 0 Å². The first-order valence-corrected chi connectivity index (χ1v) is 15.2. The summed E-state index contributed by atoms with van der Waals surface area (Å²) in [7, 11) is -4.53. The number of carbonyl (C=O) groups is 1. The molecule has 4 aliphatic rings. The second-order valence-electron chi connectivity index (χ2n) is 13.5. The van der Waals surface area contributed by atoms with Crippen molar-refractivity contribution in [1.29, 1.82) is 0 Å². The molecule has 3 N–H and O–H groups in total. The highest BCUT2D eigenvalue weighted by molar-refractivity contribution is 7.80. The summed E-state index contributed by atoms with van der Waals surface area (Å²) in [6, 6.07) is 0. The zero-order valence-corrected chi connectivity index (χ0v) is 23.6. The zero-order chi connectivity index (χ0) is 26.8. The van der Waals surface area contributed by atoms with Crippen LogP contribution in [0.2, 0.25) is 0 Å². The van der Waals surface area contributed by atoms with E-state index >= 15 is 0 Å². The van der Waals surface area contributed by atoms with E-state index in [9.17, 15) is 23.4 Å². The van der Waals surface area contributed by atoms with Crippen molar-refractivity contribution in [3.8, 4) is 0 Å². The molecule has 8 heteroatoms. The molecule has 0 aromatic carbocycles. The van der Waals surface area contributed by atoms with Crippen LogP contribution in [0.1, 0.15) is 92.9 Å². The number of fused-ring (bicyclic) bond motifs is 5. The highest BCUT2D eigenvalue weighted by atomic mass is 32.3. The summed E-state index contributed by atoms with van der Waals surface area (Å²) in [4.78, 5) is 12.9. The van der Waals surface area contributed by atoms with Gasteiger partial charge in [0.05, 0.1) is 17.8 Å². The molecule has 10 atom stereocenters. The van der Waals surface area contributed by atoms with E-state index in [0.29, 0.717) is 31.6 Å². The summed E-state index contributed by atoms with van der Waals surface area (Å²) in [6.45, 7) is 12.3. The number of hydrogen-bond acceptors (Lipinski definition) is 6. The lowest BCUT2D eigenvalue weighted by atomic mass is 9.47. The maximum Gasteiger partial charge on any atom is 0.397 e. The Morgan fingerprint density at radius 3 is 2.44 bits per heavy atom. The Bertz CT molecular complexity index is 1000. The van der Waals surface area contributed by atoms with Gasteiger partial charge in [0.25, 0.3) is 0 Å². The number of aliphatic hydroxyl groups excluding tert-OH is 1. The standard InChI is InChI=1S/C28H46O7S/c1-16(2)17(3)24(30)15-28(6,31)25-8-7-20-19-14-23(29)22-13-18(35-36(32,33)34)9-11-26(22,4)21(19)10-12-27(20,25)5/h10,16-20,22-23,25,29,31H,7-9,11-15H2,1-6H3,(H,32,33,34). The quantitative estimate of drug-likeness (QED) is 0.324. The van der Waals surface area contributed by atoms with Gasteiger partial charge in [-0.05, 0) is 92.3 Å². The minimum atomic E-state index is -4.53. The molecule has 0 aromatic heterocycles. The number of allylic oxidation sites excluding steroid dienone is 2. The first-order valence-electron chi connectivity index (χ1n) is 13.8. The molecule has 36 heavy (non-hydrogen) atoms. The molecule has 7 nitrogen and oxygen atoms in total. The largest absolute Gasteiger partial charge is 0.397 e. The van der Waals surface area contributed by atoms with Crippen molar-refractivity contribution in [2.45, 2.75) is 111 Å². The molecular formula is C28H46O7S. The lowest BCUT2D eigenvalue weighted by molar-refractivity contribution is -0.134. The molecule has 0 heterocycles. The third-order valence-corrected chi connectivity index (χ3v) is 11.6. The van der Waals surface area contributed by atoms with Crippen molar-refractivity contribution >= 4 is 16.2 Å². The van der Waals surface area contributed by atoms with E-state index in [-0.39, 0.29) is 52.6 Å². The zero-order valence-electron chi connectivity index (χ0n) is 22.7. The van der Waals surface area contributed by atoms with Crippen LogP contribution in [0.15, 0.2) is 11.6 Å². The number of rotatable bonds is 7. The fourth-order valence-corrected chi connectivity index (χ4v) is 9.34. The van der Waals surface area contributed by atoms with Crippen LogP contribution in [0.3, 0.4) is 0 Å². The van der Waals surface area contributed by atoms with E-state index in [4.69, 9.17) is 8.74 Å². The van der Waals surface area contributed by atoms with Gasteiger partial charge in [-0.3, -0.25) is 9.35 Å². The smallest absolute Gasteiger partial charge is 0.393 e. The van der Waals surface area contributed by atoms with Gasteiger partial charge >= 0.3 is 10.4 Å². The van der Waals surface area contributed by atoms with E-state index in [2.05, 4.69) is 19.9 Å². The summed E-state index contributed by atoms with van der Waals surface area (Å²) >= 11 is 0. The molecule has 0 aromatic rings. The second-order valence-corrected chi connectivity index (χ2v) is 14.5. The maximum atomic E-state index is 12.9. The van der Waals surface area contributed by atoms with Gasteiger partial charge < -0.3 is 10.2 Å². The van der Waals surface area contributed by atoms with E-state index in [1.807, 2.05) is 27.7 Å². The van der Waals surface area contributed by atoms with E-state index < -0.39 is 28.2 Å². The van der Waals surface area contributed by atoms with E-state index in [1.54, 1.807) is 0 Å². The molecule has 3 fully saturated rings. The van der Waals surface area contributed by atoms with Gasteiger partial charge in [0.15, 0.2) is 0 Å². The van der Waals surface area contributed by atoms with Crippen LogP contribution >= 0.6 is 0 Å². The van der Waals surface area contributed by atoms with Crippen molar-refractivity contribution in [3.63, 3.8) is 0 Å². The fraction of sp³-hybridized carbons (Fsp3) is 0.893.